The number of nitrogens with one attached hydrogen (secondary N) is 1. The quantitative estimate of drug-likeness (QED) is 0.694. The Morgan fingerprint density at radius 3 is 3.11 bits per heavy atom. The Kier molecular flexibility index (Phi) is 3.09. The maximum atomic E-state index is 4.30. The molecule has 0 saturated carbocycles. The van der Waals surface area contributed by atoms with Gasteiger partial charge in [0, 0.05) is 37.2 Å². The van der Waals surface area contributed by atoms with Crippen molar-refractivity contribution in [2.24, 2.45) is 0 Å². The Morgan fingerprint density at radius 1 is 1.32 bits per heavy atom. The fraction of sp³-hybridized carbons (Fsp3) is 0.333. The number of hydrogen-bond acceptors (Lipinski definition) is 5. The largest absolute Gasteiger partial charge is 0.370 e. The smallest absolute Gasteiger partial charge is 0.254 e. The fourth-order valence-electron chi connectivity index (χ4n) is 1.95. The van der Waals surface area contributed by atoms with Crippen LogP contribution in [0.15, 0.2) is 30.9 Å². The van der Waals surface area contributed by atoms with E-state index in [9.17, 15) is 0 Å². The fourth-order valence-corrected chi connectivity index (χ4v) is 1.95. The molecule has 0 aliphatic rings. The summed E-state index contributed by atoms with van der Waals surface area (Å²) in [4.78, 5) is 8.40. The molecule has 0 amide bonds. The highest BCUT2D eigenvalue weighted by molar-refractivity contribution is 5.44. The van der Waals surface area contributed by atoms with E-state index in [1.165, 1.54) is 6.33 Å². The van der Waals surface area contributed by atoms with E-state index in [-0.39, 0.29) is 0 Å². The summed E-state index contributed by atoms with van der Waals surface area (Å²) >= 11 is 0. The predicted molar refractivity (Wildman–Crippen MR) is 70.9 cm³/mol. The number of aryl methyl sites for hydroxylation is 2. The van der Waals surface area contributed by atoms with Crippen LogP contribution in [0.3, 0.4) is 0 Å². The standard InChI is InChI=1S/C12H15N7/c1-10-8-11(19-12(17-10)14-9-16-19)13-4-2-6-18-7-3-5-15-18/h3,5,7-9,13H,2,4,6H2,1H3. The highest BCUT2D eigenvalue weighted by Crippen LogP contribution is 2.09. The lowest BCUT2D eigenvalue weighted by Gasteiger charge is -2.08. The lowest BCUT2D eigenvalue weighted by atomic mass is 10.4. The van der Waals surface area contributed by atoms with Crippen LogP contribution in [0.25, 0.3) is 5.78 Å². The van der Waals surface area contributed by atoms with Gasteiger partial charge in [-0.3, -0.25) is 4.68 Å². The van der Waals surface area contributed by atoms with Crippen molar-refractivity contribution in [2.45, 2.75) is 19.9 Å². The van der Waals surface area contributed by atoms with E-state index in [0.29, 0.717) is 5.78 Å². The van der Waals surface area contributed by atoms with Crippen molar-refractivity contribution in [3.63, 3.8) is 0 Å². The molecule has 0 aliphatic carbocycles. The molecule has 0 aliphatic heterocycles. The van der Waals surface area contributed by atoms with Gasteiger partial charge in [0.25, 0.3) is 5.78 Å². The topological polar surface area (TPSA) is 72.9 Å². The average Bonchev–Trinajstić information content (AvgIpc) is 3.04. The van der Waals surface area contributed by atoms with Crippen molar-refractivity contribution in [2.75, 3.05) is 11.9 Å². The number of nitrogens with zero attached hydrogens (tertiary/aromatic N) is 6. The van der Waals surface area contributed by atoms with Crippen molar-refractivity contribution in [1.29, 1.82) is 0 Å². The molecule has 0 fully saturated rings. The first-order valence-corrected chi connectivity index (χ1v) is 6.21. The maximum Gasteiger partial charge on any atom is 0.254 e. The van der Waals surface area contributed by atoms with E-state index in [4.69, 9.17) is 0 Å². The van der Waals surface area contributed by atoms with E-state index in [2.05, 4.69) is 25.5 Å². The minimum absolute atomic E-state index is 0.620. The number of rotatable bonds is 5. The van der Waals surface area contributed by atoms with Gasteiger partial charge in [0.1, 0.15) is 12.1 Å². The van der Waals surface area contributed by atoms with Gasteiger partial charge in [-0.2, -0.15) is 19.7 Å². The number of aromatic nitrogens is 6. The van der Waals surface area contributed by atoms with Crippen LogP contribution >= 0.6 is 0 Å². The summed E-state index contributed by atoms with van der Waals surface area (Å²) in [5.41, 5.74) is 0.926. The van der Waals surface area contributed by atoms with E-state index in [1.807, 2.05) is 29.9 Å². The van der Waals surface area contributed by atoms with Gasteiger partial charge in [0.2, 0.25) is 0 Å². The third-order valence-corrected chi connectivity index (χ3v) is 2.81. The Hall–Kier alpha value is -2.44. The molecule has 0 saturated heterocycles. The zero-order chi connectivity index (χ0) is 13.1. The molecule has 1 N–H and O–H groups in total. The molecule has 7 nitrogen and oxygen atoms in total. The molecule has 0 unspecified atom stereocenters. The number of hydrogen-bond donors (Lipinski definition) is 1. The summed E-state index contributed by atoms with van der Waals surface area (Å²) in [6.07, 6.45) is 6.25. The molecule has 3 aromatic rings. The average molecular weight is 257 g/mol. The molecular formula is C12H15N7. The Bertz CT molecular complexity index is 656. The van der Waals surface area contributed by atoms with Crippen molar-refractivity contribution in [3.05, 3.63) is 36.5 Å². The minimum atomic E-state index is 0.620. The molecule has 0 aromatic carbocycles. The van der Waals surface area contributed by atoms with Gasteiger partial charge in [-0.1, -0.05) is 0 Å². The zero-order valence-corrected chi connectivity index (χ0v) is 10.7. The molecule has 19 heavy (non-hydrogen) atoms. The first kappa shape index (κ1) is 11.6. The normalized spacial score (nSPS) is 11.0. The Labute approximate surface area is 110 Å². The van der Waals surface area contributed by atoms with Crippen LogP contribution in [0.4, 0.5) is 5.82 Å². The summed E-state index contributed by atoms with van der Waals surface area (Å²) in [6.45, 7) is 3.69. The third-order valence-electron chi connectivity index (χ3n) is 2.81. The number of anilines is 1. The van der Waals surface area contributed by atoms with Crippen molar-refractivity contribution >= 4 is 11.6 Å². The number of fused-ring (bicyclic) bond motifs is 1. The maximum absolute atomic E-state index is 4.30. The van der Waals surface area contributed by atoms with E-state index < -0.39 is 0 Å². The van der Waals surface area contributed by atoms with Gasteiger partial charge < -0.3 is 5.32 Å². The molecule has 3 heterocycles. The predicted octanol–water partition coefficient (Wildman–Crippen LogP) is 1.13. The molecule has 0 bridgehead atoms. The molecular weight excluding hydrogens is 242 g/mol. The Morgan fingerprint density at radius 2 is 2.26 bits per heavy atom. The van der Waals surface area contributed by atoms with E-state index in [1.54, 1.807) is 10.7 Å². The van der Waals surface area contributed by atoms with Crippen LogP contribution in [0.2, 0.25) is 0 Å². The third kappa shape index (κ3) is 2.54. The molecule has 3 aromatic heterocycles. The highest BCUT2D eigenvalue weighted by Gasteiger charge is 2.04. The van der Waals surface area contributed by atoms with Crippen LogP contribution in [-0.2, 0) is 6.54 Å². The van der Waals surface area contributed by atoms with E-state index >= 15 is 0 Å². The van der Waals surface area contributed by atoms with E-state index in [0.717, 1.165) is 31.0 Å². The summed E-state index contributed by atoms with van der Waals surface area (Å²) in [7, 11) is 0. The second-order valence-corrected chi connectivity index (χ2v) is 4.30. The lowest BCUT2D eigenvalue weighted by molar-refractivity contribution is 0.591. The molecule has 0 spiro atoms. The van der Waals surface area contributed by atoms with Gasteiger partial charge in [-0.15, -0.1) is 0 Å². The molecule has 0 radical (unpaired) electrons. The van der Waals surface area contributed by atoms with Crippen LogP contribution in [0, 0.1) is 6.92 Å². The lowest BCUT2D eigenvalue weighted by Crippen LogP contribution is -2.10. The summed E-state index contributed by atoms with van der Waals surface area (Å²) in [5, 5.41) is 11.7. The van der Waals surface area contributed by atoms with Crippen molar-refractivity contribution in [1.82, 2.24) is 29.4 Å². The first-order chi connectivity index (χ1) is 9.33. The second kappa shape index (κ2) is 5.05. The monoisotopic (exact) mass is 257 g/mol. The summed E-state index contributed by atoms with van der Waals surface area (Å²) in [5.74, 6) is 1.54. The van der Waals surface area contributed by atoms with Crippen LogP contribution in [-0.4, -0.2) is 35.9 Å². The molecule has 7 heteroatoms. The van der Waals surface area contributed by atoms with Gasteiger partial charge in [0.05, 0.1) is 0 Å². The van der Waals surface area contributed by atoms with Crippen molar-refractivity contribution in [3.8, 4) is 0 Å². The first-order valence-electron chi connectivity index (χ1n) is 6.21. The SMILES string of the molecule is Cc1cc(NCCCn2cccn2)n2ncnc2n1. The Balaban J connectivity index is 1.63. The molecule has 3 rings (SSSR count). The minimum Gasteiger partial charge on any atom is -0.370 e. The zero-order valence-electron chi connectivity index (χ0n) is 10.7. The van der Waals surface area contributed by atoms with Crippen LogP contribution < -0.4 is 5.32 Å². The molecule has 98 valence electrons. The van der Waals surface area contributed by atoms with Gasteiger partial charge in [-0.25, -0.2) is 4.98 Å². The second-order valence-electron chi connectivity index (χ2n) is 4.30. The molecule has 0 atom stereocenters. The van der Waals surface area contributed by atoms with Gasteiger partial charge >= 0.3 is 0 Å². The van der Waals surface area contributed by atoms with Gasteiger partial charge in [-0.05, 0) is 19.4 Å². The summed E-state index contributed by atoms with van der Waals surface area (Å²) < 4.78 is 3.63. The van der Waals surface area contributed by atoms with Crippen molar-refractivity contribution < 1.29 is 0 Å². The van der Waals surface area contributed by atoms with Crippen LogP contribution in [0.1, 0.15) is 12.1 Å². The van der Waals surface area contributed by atoms with Crippen LogP contribution in [0.5, 0.6) is 0 Å². The summed E-state index contributed by atoms with van der Waals surface area (Å²) in [6, 6.07) is 3.90. The van der Waals surface area contributed by atoms with Gasteiger partial charge in [0.15, 0.2) is 0 Å². The highest BCUT2D eigenvalue weighted by atomic mass is 15.3.